The van der Waals surface area contributed by atoms with Crippen molar-refractivity contribution >= 4 is 49.4 Å². The summed E-state index contributed by atoms with van der Waals surface area (Å²) in [6.45, 7) is 0.755. The molecule has 4 heteroatoms. The van der Waals surface area contributed by atoms with E-state index in [1.807, 2.05) is 0 Å². The lowest BCUT2D eigenvalue weighted by atomic mass is 10.0. The van der Waals surface area contributed by atoms with E-state index in [2.05, 4.69) is 86.0 Å². The fraction of sp³-hybridized carbons (Fsp3) is 0.222. The van der Waals surface area contributed by atoms with Gasteiger partial charge in [-0.3, -0.25) is 0 Å². The minimum absolute atomic E-state index is 0.755. The molecule has 0 spiro atoms. The number of nitrogens with two attached hydrogens (primary N) is 1. The van der Waals surface area contributed by atoms with Crippen LogP contribution in [0.15, 0.2) is 46.9 Å². The summed E-state index contributed by atoms with van der Waals surface area (Å²) in [5, 5.41) is 1.31. The molecule has 2 nitrogen and oxygen atoms in total. The van der Waals surface area contributed by atoms with Gasteiger partial charge in [-0.1, -0.05) is 24.3 Å². The molecule has 0 aliphatic carbocycles. The zero-order chi connectivity index (χ0) is 15.5. The molecule has 1 heterocycles. The Bertz CT molecular complexity index is 795. The summed E-state index contributed by atoms with van der Waals surface area (Å²) in [4.78, 5) is 3.62. The van der Waals surface area contributed by atoms with Gasteiger partial charge in [0.25, 0.3) is 0 Å². The number of aromatic nitrogens is 1. The van der Waals surface area contributed by atoms with E-state index >= 15 is 0 Å². The van der Waals surface area contributed by atoms with E-state index in [1.54, 1.807) is 0 Å². The average molecular weight is 469 g/mol. The smallest absolute Gasteiger partial charge is 0.0606 e. The third-order valence-electron chi connectivity index (χ3n) is 3.88. The van der Waals surface area contributed by atoms with Crippen LogP contribution >= 0.6 is 38.5 Å². The van der Waals surface area contributed by atoms with Crippen molar-refractivity contribution in [3.05, 3.63) is 56.1 Å². The number of hydrogen-bond acceptors (Lipinski definition) is 1. The van der Waals surface area contributed by atoms with E-state index in [0.29, 0.717) is 0 Å². The second kappa shape index (κ2) is 7.15. The molecule has 0 amide bonds. The Labute approximate surface area is 152 Å². The number of nitrogens with one attached hydrogen (secondary N) is 1. The number of benzene rings is 2. The summed E-state index contributed by atoms with van der Waals surface area (Å²) in [5.74, 6) is 0. The number of aryl methyl sites for hydroxylation is 1. The molecule has 0 aliphatic rings. The van der Waals surface area contributed by atoms with Crippen molar-refractivity contribution < 1.29 is 0 Å². The van der Waals surface area contributed by atoms with Gasteiger partial charge in [0.15, 0.2) is 0 Å². The van der Waals surface area contributed by atoms with Crippen molar-refractivity contribution in [1.82, 2.24) is 4.98 Å². The first-order valence-corrected chi connectivity index (χ1v) is 9.33. The molecule has 3 N–H and O–H groups in total. The van der Waals surface area contributed by atoms with Gasteiger partial charge in [0.05, 0.1) is 5.52 Å². The minimum atomic E-state index is 0.755. The highest BCUT2D eigenvalue weighted by molar-refractivity contribution is 14.1. The first-order chi connectivity index (χ1) is 10.7. The number of hydrogen-bond donors (Lipinski definition) is 2. The van der Waals surface area contributed by atoms with Crippen LogP contribution in [-0.4, -0.2) is 11.5 Å². The highest BCUT2D eigenvalue weighted by Gasteiger charge is 2.14. The SMILES string of the molecule is NCCCCc1c(-c2cccc(I)c2)[nH]c2c(Br)cccc12. The molecule has 0 fully saturated rings. The zero-order valence-corrected chi connectivity index (χ0v) is 15.9. The summed E-state index contributed by atoms with van der Waals surface area (Å²) < 4.78 is 2.36. The second-order valence-corrected chi connectivity index (χ2v) is 7.50. The van der Waals surface area contributed by atoms with Crippen LogP contribution < -0.4 is 5.73 Å². The maximum Gasteiger partial charge on any atom is 0.0606 e. The van der Waals surface area contributed by atoms with Crippen LogP contribution in [0.2, 0.25) is 0 Å². The normalized spacial score (nSPS) is 11.2. The predicted octanol–water partition coefficient (Wildman–Crippen LogP) is 5.48. The number of para-hydroxylation sites is 1. The van der Waals surface area contributed by atoms with Crippen LogP contribution in [0.25, 0.3) is 22.2 Å². The Kier molecular flexibility index (Phi) is 5.21. The van der Waals surface area contributed by atoms with E-state index in [4.69, 9.17) is 5.73 Å². The Hall–Kier alpha value is -0.850. The molecule has 0 saturated heterocycles. The molecule has 0 aliphatic heterocycles. The molecule has 0 radical (unpaired) electrons. The molecule has 22 heavy (non-hydrogen) atoms. The number of halogens is 2. The Balaban J connectivity index is 2.15. The molecule has 0 saturated carbocycles. The van der Waals surface area contributed by atoms with Crippen molar-refractivity contribution in [2.24, 2.45) is 5.73 Å². The van der Waals surface area contributed by atoms with Crippen LogP contribution in [0.4, 0.5) is 0 Å². The van der Waals surface area contributed by atoms with E-state index < -0.39 is 0 Å². The first kappa shape index (κ1) is 16.0. The quantitative estimate of drug-likeness (QED) is 0.377. The summed E-state index contributed by atoms with van der Waals surface area (Å²) in [5.41, 5.74) is 10.7. The highest BCUT2D eigenvalue weighted by atomic mass is 127. The molecule has 2 aromatic carbocycles. The van der Waals surface area contributed by atoms with E-state index in [-0.39, 0.29) is 0 Å². The lowest BCUT2D eigenvalue weighted by molar-refractivity contribution is 0.748. The summed E-state index contributed by atoms with van der Waals surface area (Å²) in [6, 6.07) is 15.0. The van der Waals surface area contributed by atoms with Gasteiger partial charge in [-0.15, -0.1) is 0 Å². The second-order valence-electron chi connectivity index (χ2n) is 5.40. The maximum absolute atomic E-state index is 5.66. The molecule has 3 rings (SSSR count). The lowest BCUT2D eigenvalue weighted by Gasteiger charge is -2.06. The van der Waals surface area contributed by atoms with Gasteiger partial charge in [0, 0.05) is 19.1 Å². The van der Waals surface area contributed by atoms with Gasteiger partial charge < -0.3 is 10.7 Å². The number of aromatic amines is 1. The molecule has 0 bridgehead atoms. The van der Waals surface area contributed by atoms with Crippen LogP contribution in [0.5, 0.6) is 0 Å². The molecular weight excluding hydrogens is 451 g/mol. The molecular formula is C18H18BrIN2. The number of rotatable bonds is 5. The van der Waals surface area contributed by atoms with Crippen molar-refractivity contribution in [1.29, 1.82) is 0 Å². The average Bonchev–Trinajstić information content (AvgIpc) is 2.88. The molecule has 0 atom stereocenters. The molecule has 1 aromatic heterocycles. The van der Waals surface area contributed by atoms with Crippen LogP contribution in [0.3, 0.4) is 0 Å². The largest absolute Gasteiger partial charge is 0.353 e. The van der Waals surface area contributed by atoms with Crippen molar-refractivity contribution in [2.75, 3.05) is 6.54 Å². The monoisotopic (exact) mass is 468 g/mol. The van der Waals surface area contributed by atoms with Crippen molar-refractivity contribution in [2.45, 2.75) is 19.3 Å². The Morgan fingerprint density at radius 3 is 2.68 bits per heavy atom. The maximum atomic E-state index is 5.66. The number of H-pyrrole nitrogens is 1. The predicted molar refractivity (Wildman–Crippen MR) is 106 cm³/mol. The number of unbranched alkanes of at least 4 members (excludes halogenated alkanes) is 1. The third kappa shape index (κ3) is 3.24. The molecule has 114 valence electrons. The van der Waals surface area contributed by atoms with Gasteiger partial charge in [-0.2, -0.15) is 0 Å². The summed E-state index contributed by atoms with van der Waals surface area (Å²) >= 11 is 6.02. The first-order valence-electron chi connectivity index (χ1n) is 7.46. The van der Waals surface area contributed by atoms with Gasteiger partial charge >= 0.3 is 0 Å². The van der Waals surface area contributed by atoms with E-state index in [1.165, 1.54) is 31.3 Å². The van der Waals surface area contributed by atoms with Crippen molar-refractivity contribution in [3.63, 3.8) is 0 Å². The Morgan fingerprint density at radius 1 is 1.09 bits per heavy atom. The van der Waals surface area contributed by atoms with Gasteiger partial charge in [0.1, 0.15) is 0 Å². The topological polar surface area (TPSA) is 41.8 Å². The van der Waals surface area contributed by atoms with Crippen LogP contribution in [0.1, 0.15) is 18.4 Å². The highest BCUT2D eigenvalue weighted by Crippen LogP contribution is 2.35. The van der Waals surface area contributed by atoms with Crippen molar-refractivity contribution in [3.8, 4) is 11.3 Å². The Morgan fingerprint density at radius 2 is 1.91 bits per heavy atom. The van der Waals surface area contributed by atoms with E-state index in [0.717, 1.165) is 30.3 Å². The fourth-order valence-electron chi connectivity index (χ4n) is 2.83. The van der Waals surface area contributed by atoms with Gasteiger partial charge in [-0.25, -0.2) is 0 Å². The minimum Gasteiger partial charge on any atom is -0.353 e. The van der Waals surface area contributed by atoms with Crippen LogP contribution in [-0.2, 0) is 6.42 Å². The molecule has 3 aromatic rings. The zero-order valence-electron chi connectivity index (χ0n) is 12.2. The van der Waals surface area contributed by atoms with E-state index in [9.17, 15) is 0 Å². The van der Waals surface area contributed by atoms with Gasteiger partial charge in [0.2, 0.25) is 0 Å². The fourth-order valence-corrected chi connectivity index (χ4v) is 3.84. The van der Waals surface area contributed by atoms with Gasteiger partial charge in [-0.05, 0) is 93.7 Å². The standard InChI is InChI=1S/C18H18BrIN2/c19-16-9-4-8-15-14(7-1-2-10-21)17(22-18(15)16)12-5-3-6-13(20)11-12/h3-6,8-9,11,22H,1-2,7,10,21H2. The molecule has 0 unspecified atom stereocenters. The number of fused-ring (bicyclic) bond motifs is 1. The lowest BCUT2D eigenvalue weighted by Crippen LogP contribution is -1.99. The van der Waals surface area contributed by atoms with Crippen LogP contribution in [0, 0.1) is 3.57 Å². The third-order valence-corrected chi connectivity index (χ3v) is 5.22. The summed E-state index contributed by atoms with van der Waals surface area (Å²) in [6.07, 6.45) is 3.23. The summed E-state index contributed by atoms with van der Waals surface area (Å²) in [7, 11) is 0.